The van der Waals surface area contributed by atoms with Crippen molar-refractivity contribution in [1.82, 2.24) is 4.90 Å². The fourth-order valence-electron chi connectivity index (χ4n) is 3.74. The van der Waals surface area contributed by atoms with Crippen LogP contribution in [0.4, 0.5) is 0 Å². The van der Waals surface area contributed by atoms with Gasteiger partial charge in [0.2, 0.25) is 0 Å². The summed E-state index contributed by atoms with van der Waals surface area (Å²) in [7, 11) is 3.09. The molecule has 1 aliphatic rings. The van der Waals surface area contributed by atoms with Crippen molar-refractivity contribution >= 4 is 17.4 Å². The summed E-state index contributed by atoms with van der Waals surface area (Å²) in [6.45, 7) is 4.75. The van der Waals surface area contributed by atoms with Gasteiger partial charge in [0.15, 0.2) is 0 Å². The van der Waals surface area contributed by atoms with E-state index in [0.29, 0.717) is 29.2 Å². The van der Waals surface area contributed by atoms with E-state index < -0.39 is 17.7 Å². The molecule has 2 aromatic carbocycles. The minimum absolute atomic E-state index is 0.0508. The molecule has 0 unspecified atom stereocenters. The van der Waals surface area contributed by atoms with Gasteiger partial charge in [0.1, 0.15) is 17.3 Å². The Morgan fingerprint density at radius 1 is 1.10 bits per heavy atom. The van der Waals surface area contributed by atoms with Crippen LogP contribution in [0.25, 0.3) is 5.76 Å². The number of hydrogen-bond acceptors (Lipinski definition) is 6. The van der Waals surface area contributed by atoms with E-state index >= 15 is 0 Å². The normalized spacial score (nSPS) is 17.8. The summed E-state index contributed by atoms with van der Waals surface area (Å²) in [5, 5.41) is 11.1. The maximum absolute atomic E-state index is 13.0. The molecule has 0 spiro atoms. The Morgan fingerprint density at radius 3 is 2.39 bits per heavy atom. The molecule has 31 heavy (non-hydrogen) atoms. The minimum atomic E-state index is -0.728. The van der Waals surface area contributed by atoms with Crippen LogP contribution in [0.5, 0.6) is 11.5 Å². The largest absolute Gasteiger partial charge is 0.507 e. The average molecular weight is 425 g/mol. The molecular weight excluding hydrogens is 398 g/mol. The van der Waals surface area contributed by atoms with Gasteiger partial charge in [0.05, 0.1) is 31.9 Å². The van der Waals surface area contributed by atoms with Crippen molar-refractivity contribution in [3.05, 3.63) is 64.7 Å². The maximum Gasteiger partial charge on any atom is 0.295 e. The fraction of sp³-hybridized carbons (Fsp3) is 0.333. The second-order valence-electron chi connectivity index (χ2n) is 7.17. The van der Waals surface area contributed by atoms with Crippen LogP contribution in [-0.4, -0.2) is 55.7 Å². The van der Waals surface area contributed by atoms with Gasteiger partial charge in [-0.05, 0) is 55.3 Å². The van der Waals surface area contributed by atoms with E-state index in [1.165, 1.54) is 12.0 Å². The number of nitrogens with zero attached hydrogens (tertiary/aromatic N) is 1. The Hall–Kier alpha value is -3.32. The molecular formula is C24H27NO6. The summed E-state index contributed by atoms with van der Waals surface area (Å²) in [6, 6.07) is 11.6. The highest BCUT2D eigenvalue weighted by atomic mass is 16.5. The molecule has 0 bridgehead atoms. The summed E-state index contributed by atoms with van der Waals surface area (Å²) >= 11 is 0. The lowest BCUT2D eigenvalue weighted by atomic mass is 9.94. The van der Waals surface area contributed by atoms with Gasteiger partial charge in [0.25, 0.3) is 11.7 Å². The third-order valence-corrected chi connectivity index (χ3v) is 5.25. The van der Waals surface area contributed by atoms with E-state index in [2.05, 4.69) is 0 Å². The average Bonchev–Trinajstić information content (AvgIpc) is 3.02. The summed E-state index contributed by atoms with van der Waals surface area (Å²) in [5.41, 5.74) is 2.00. The Morgan fingerprint density at radius 2 is 1.81 bits per heavy atom. The van der Waals surface area contributed by atoms with Crippen LogP contribution < -0.4 is 9.47 Å². The van der Waals surface area contributed by atoms with E-state index in [9.17, 15) is 14.7 Å². The van der Waals surface area contributed by atoms with Crippen molar-refractivity contribution in [3.8, 4) is 11.5 Å². The smallest absolute Gasteiger partial charge is 0.295 e. The van der Waals surface area contributed by atoms with Gasteiger partial charge in [0, 0.05) is 19.2 Å². The highest BCUT2D eigenvalue weighted by Crippen LogP contribution is 2.40. The summed E-state index contributed by atoms with van der Waals surface area (Å²) in [5.74, 6) is -0.252. The number of aryl methyl sites for hydroxylation is 1. The molecule has 1 N–H and O–H groups in total. The lowest BCUT2D eigenvalue weighted by Gasteiger charge is -2.25. The Kier molecular flexibility index (Phi) is 6.97. The zero-order valence-electron chi connectivity index (χ0n) is 18.2. The van der Waals surface area contributed by atoms with Crippen LogP contribution >= 0.6 is 0 Å². The lowest BCUT2D eigenvalue weighted by Crippen LogP contribution is -2.32. The van der Waals surface area contributed by atoms with Gasteiger partial charge in [-0.1, -0.05) is 12.1 Å². The molecule has 1 aliphatic heterocycles. The highest BCUT2D eigenvalue weighted by Gasteiger charge is 2.45. The number of methoxy groups -OCH3 is 2. The van der Waals surface area contributed by atoms with Crippen LogP contribution in [0, 0.1) is 6.92 Å². The number of likely N-dealkylation sites (tertiary alicyclic amines) is 1. The van der Waals surface area contributed by atoms with Crippen LogP contribution in [0.2, 0.25) is 0 Å². The maximum atomic E-state index is 13.0. The number of Topliss-reactive ketones (excluding diaryl/α,β-unsaturated/α-hetero) is 1. The zero-order chi connectivity index (χ0) is 22.5. The SMILES string of the molecule is CCOc1ccc([C@H]2/C(=C(\O)c3ccc(OC)c(C)c3)C(=O)C(=O)N2CCOC)cc1. The number of amides is 1. The van der Waals surface area contributed by atoms with E-state index in [-0.39, 0.29) is 24.5 Å². The highest BCUT2D eigenvalue weighted by molar-refractivity contribution is 6.46. The van der Waals surface area contributed by atoms with Crippen molar-refractivity contribution in [2.75, 3.05) is 34.0 Å². The molecule has 3 rings (SSSR count). The molecule has 0 saturated carbocycles. The predicted octanol–water partition coefficient (Wildman–Crippen LogP) is 3.47. The summed E-state index contributed by atoms with van der Waals surface area (Å²) < 4.78 is 15.9. The molecule has 1 amide bonds. The second-order valence-corrected chi connectivity index (χ2v) is 7.17. The molecule has 7 nitrogen and oxygen atoms in total. The van der Waals surface area contributed by atoms with E-state index in [1.54, 1.807) is 49.6 Å². The Labute approximate surface area is 181 Å². The number of carbonyl (C=O) groups is 2. The van der Waals surface area contributed by atoms with Gasteiger partial charge in [-0.25, -0.2) is 0 Å². The number of benzene rings is 2. The van der Waals surface area contributed by atoms with Crippen molar-refractivity contribution in [1.29, 1.82) is 0 Å². The van der Waals surface area contributed by atoms with E-state index in [4.69, 9.17) is 14.2 Å². The van der Waals surface area contributed by atoms with Gasteiger partial charge in [-0.15, -0.1) is 0 Å². The quantitative estimate of drug-likeness (QED) is 0.396. The van der Waals surface area contributed by atoms with E-state index in [0.717, 1.165) is 5.56 Å². The Balaban J connectivity index is 2.12. The standard InChI is InChI=1S/C24H27NO6/c1-5-31-18-9-6-16(7-10-18)21-20(23(27)24(28)25(21)12-13-29-3)22(26)17-8-11-19(30-4)15(2)14-17/h6-11,14,21,26H,5,12-13H2,1-4H3/b22-20+/t21-/m0/s1. The third kappa shape index (κ3) is 4.41. The number of carbonyl (C=O) groups excluding carboxylic acids is 2. The molecule has 0 aliphatic carbocycles. The third-order valence-electron chi connectivity index (χ3n) is 5.25. The Bertz CT molecular complexity index is 996. The minimum Gasteiger partial charge on any atom is -0.507 e. The fourth-order valence-corrected chi connectivity index (χ4v) is 3.74. The molecule has 1 fully saturated rings. The molecule has 7 heteroatoms. The first kappa shape index (κ1) is 22.4. The molecule has 2 aromatic rings. The molecule has 1 saturated heterocycles. The van der Waals surface area contributed by atoms with Crippen LogP contribution in [0.15, 0.2) is 48.0 Å². The first-order chi connectivity index (χ1) is 14.9. The number of rotatable bonds is 8. The first-order valence-corrected chi connectivity index (χ1v) is 10.1. The van der Waals surface area contributed by atoms with Crippen molar-refractivity contribution in [2.45, 2.75) is 19.9 Å². The van der Waals surface area contributed by atoms with Gasteiger partial charge < -0.3 is 24.2 Å². The lowest BCUT2D eigenvalue weighted by molar-refractivity contribution is -0.140. The van der Waals surface area contributed by atoms with E-state index in [1.807, 2.05) is 13.8 Å². The first-order valence-electron chi connectivity index (χ1n) is 10.1. The predicted molar refractivity (Wildman–Crippen MR) is 116 cm³/mol. The van der Waals surface area contributed by atoms with Gasteiger partial charge in [-0.2, -0.15) is 0 Å². The van der Waals surface area contributed by atoms with Crippen molar-refractivity contribution in [3.63, 3.8) is 0 Å². The van der Waals surface area contributed by atoms with Crippen LogP contribution in [-0.2, 0) is 14.3 Å². The van der Waals surface area contributed by atoms with Gasteiger partial charge in [-0.3, -0.25) is 9.59 Å². The number of ketones is 1. The zero-order valence-corrected chi connectivity index (χ0v) is 18.2. The molecule has 1 atom stereocenters. The van der Waals surface area contributed by atoms with Crippen LogP contribution in [0.3, 0.4) is 0 Å². The molecule has 0 radical (unpaired) electrons. The monoisotopic (exact) mass is 425 g/mol. The molecule has 0 aromatic heterocycles. The second kappa shape index (κ2) is 9.66. The van der Waals surface area contributed by atoms with Crippen molar-refractivity contribution in [2.24, 2.45) is 0 Å². The summed E-state index contributed by atoms with van der Waals surface area (Å²) in [4.78, 5) is 27.2. The van der Waals surface area contributed by atoms with Gasteiger partial charge >= 0.3 is 0 Å². The van der Waals surface area contributed by atoms with Crippen LogP contribution in [0.1, 0.15) is 29.7 Å². The number of aliphatic hydroxyl groups excluding tert-OH is 1. The number of ether oxygens (including phenoxy) is 3. The number of hydrogen-bond donors (Lipinski definition) is 1. The topological polar surface area (TPSA) is 85.3 Å². The summed E-state index contributed by atoms with van der Waals surface area (Å²) in [6.07, 6.45) is 0. The molecule has 164 valence electrons. The number of aliphatic hydroxyl groups is 1. The van der Waals surface area contributed by atoms with Crippen molar-refractivity contribution < 1.29 is 28.9 Å². The molecule has 1 heterocycles.